The van der Waals surface area contributed by atoms with Gasteiger partial charge in [0.15, 0.2) is 0 Å². The molecule has 2 N–H and O–H groups in total. The first-order valence-corrected chi connectivity index (χ1v) is 6.16. The van der Waals surface area contributed by atoms with Crippen LogP contribution in [0.15, 0.2) is 22.6 Å². The van der Waals surface area contributed by atoms with Gasteiger partial charge >= 0.3 is 6.01 Å². The molecule has 2 rings (SSSR count). The van der Waals surface area contributed by atoms with Gasteiger partial charge in [-0.3, -0.25) is 0 Å². The van der Waals surface area contributed by atoms with Crippen molar-refractivity contribution < 1.29 is 8.81 Å². The van der Waals surface area contributed by atoms with E-state index in [2.05, 4.69) is 20.8 Å². The average Bonchev–Trinajstić information content (AvgIpc) is 2.88. The van der Waals surface area contributed by atoms with Crippen LogP contribution in [0.5, 0.6) is 0 Å². The van der Waals surface area contributed by atoms with Crippen molar-refractivity contribution in [1.29, 1.82) is 0 Å². The molecule has 0 aliphatic carbocycles. The van der Waals surface area contributed by atoms with E-state index in [0.29, 0.717) is 18.5 Å². The van der Waals surface area contributed by atoms with Gasteiger partial charge in [0.1, 0.15) is 5.82 Å². The van der Waals surface area contributed by atoms with E-state index in [0.717, 1.165) is 5.56 Å². The van der Waals surface area contributed by atoms with E-state index in [1.165, 1.54) is 6.07 Å². The number of benzene rings is 1. The van der Waals surface area contributed by atoms with Crippen molar-refractivity contribution in [2.45, 2.75) is 19.5 Å². The fourth-order valence-electron chi connectivity index (χ4n) is 1.43. The molecule has 2 aromatic rings. The molecule has 0 spiro atoms. The van der Waals surface area contributed by atoms with Crippen molar-refractivity contribution in [2.24, 2.45) is 0 Å². The fourth-order valence-corrected chi connectivity index (χ4v) is 1.63. The Hall–Kier alpha value is -1.66. The van der Waals surface area contributed by atoms with Gasteiger partial charge in [-0.25, -0.2) is 4.39 Å². The predicted octanol–water partition coefficient (Wildman–Crippen LogP) is 2.75. The number of nitrogens with zero attached hydrogens (tertiary/aromatic N) is 2. The number of rotatable bonds is 5. The zero-order valence-corrected chi connectivity index (χ0v) is 11.3. The normalized spacial score (nSPS) is 12.4. The summed E-state index contributed by atoms with van der Waals surface area (Å²) in [5.41, 5.74) is 0.827. The molecular weight excluding hydrogens is 271 g/mol. The standard InChI is InChI=1S/C12H14ClFN4O/c1-7(15-2)11-17-18-12(19-11)16-6-8-3-4-10(14)9(13)5-8/h3-5,7,15H,6H2,1-2H3,(H,16,18). The molecule has 19 heavy (non-hydrogen) atoms. The molecule has 1 atom stereocenters. The Kier molecular flexibility index (Phi) is 4.34. The maximum atomic E-state index is 13.0. The highest BCUT2D eigenvalue weighted by Gasteiger charge is 2.11. The van der Waals surface area contributed by atoms with E-state index in [-0.39, 0.29) is 11.1 Å². The highest BCUT2D eigenvalue weighted by Crippen LogP contribution is 2.18. The van der Waals surface area contributed by atoms with Crippen LogP contribution < -0.4 is 10.6 Å². The van der Waals surface area contributed by atoms with Crippen LogP contribution in [0.4, 0.5) is 10.4 Å². The summed E-state index contributed by atoms with van der Waals surface area (Å²) in [6.07, 6.45) is 0. The Morgan fingerprint density at radius 1 is 1.42 bits per heavy atom. The van der Waals surface area contributed by atoms with Crippen LogP contribution in [0, 0.1) is 5.82 Å². The van der Waals surface area contributed by atoms with E-state index in [1.54, 1.807) is 12.1 Å². The van der Waals surface area contributed by atoms with E-state index < -0.39 is 5.82 Å². The minimum atomic E-state index is -0.437. The second-order valence-electron chi connectivity index (χ2n) is 4.06. The van der Waals surface area contributed by atoms with Crippen LogP contribution in [0.3, 0.4) is 0 Å². The lowest BCUT2D eigenvalue weighted by Crippen LogP contribution is -2.12. The van der Waals surface area contributed by atoms with Crippen molar-refractivity contribution in [3.63, 3.8) is 0 Å². The largest absolute Gasteiger partial charge is 0.406 e. The van der Waals surface area contributed by atoms with E-state index in [1.807, 2.05) is 14.0 Å². The van der Waals surface area contributed by atoms with Crippen molar-refractivity contribution >= 4 is 17.6 Å². The van der Waals surface area contributed by atoms with E-state index in [9.17, 15) is 4.39 Å². The molecule has 5 nitrogen and oxygen atoms in total. The highest BCUT2D eigenvalue weighted by molar-refractivity contribution is 6.30. The molecule has 7 heteroatoms. The first kappa shape index (κ1) is 13.8. The van der Waals surface area contributed by atoms with Gasteiger partial charge in [0.25, 0.3) is 0 Å². The number of halogens is 2. The Morgan fingerprint density at radius 2 is 2.21 bits per heavy atom. The molecule has 1 unspecified atom stereocenters. The molecule has 102 valence electrons. The molecule has 0 aliphatic heterocycles. The lowest BCUT2D eigenvalue weighted by molar-refractivity contribution is 0.441. The Bertz CT molecular complexity index is 560. The molecule has 1 aromatic heterocycles. The molecule has 1 aromatic carbocycles. The number of nitrogens with one attached hydrogen (secondary N) is 2. The minimum absolute atomic E-state index is 0.0108. The van der Waals surface area contributed by atoms with Gasteiger partial charge in [0, 0.05) is 6.54 Å². The predicted molar refractivity (Wildman–Crippen MR) is 70.5 cm³/mol. The lowest BCUT2D eigenvalue weighted by atomic mass is 10.2. The Labute approximate surface area is 115 Å². The first-order chi connectivity index (χ1) is 9.10. The smallest absolute Gasteiger partial charge is 0.315 e. The van der Waals surface area contributed by atoms with Crippen molar-refractivity contribution in [2.75, 3.05) is 12.4 Å². The van der Waals surface area contributed by atoms with Gasteiger partial charge in [-0.05, 0) is 31.7 Å². The van der Waals surface area contributed by atoms with Gasteiger partial charge < -0.3 is 15.1 Å². The van der Waals surface area contributed by atoms with Crippen LogP contribution >= 0.6 is 11.6 Å². The zero-order valence-electron chi connectivity index (χ0n) is 10.6. The average molecular weight is 285 g/mol. The van der Waals surface area contributed by atoms with Gasteiger partial charge in [-0.1, -0.05) is 22.8 Å². The monoisotopic (exact) mass is 284 g/mol. The molecule has 0 aliphatic rings. The molecule has 0 amide bonds. The molecule has 0 saturated carbocycles. The van der Waals surface area contributed by atoms with Crippen molar-refractivity contribution in [3.05, 3.63) is 40.5 Å². The minimum Gasteiger partial charge on any atom is -0.406 e. The number of anilines is 1. The molecule has 0 fully saturated rings. The third kappa shape index (κ3) is 3.42. The van der Waals surface area contributed by atoms with Crippen LogP contribution in [0.2, 0.25) is 5.02 Å². The first-order valence-electron chi connectivity index (χ1n) is 5.78. The van der Waals surface area contributed by atoms with E-state index >= 15 is 0 Å². The number of hydrogen-bond donors (Lipinski definition) is 2. The Balaban J connectivity index is 1.98. The van der Waals surface area contributed by atoms with Crippen LogP contribution in [0.1, 0.15) is 24.4 Å². The molecule has 0 bridgehead atoms. The zero-order chi connectivity index (χ0) is 13.8. The molecule has 0 saturated heterocycles. The summed E-state index contributed by atoms with van der Waals surface area (Å²) >= 11 is 5.70. The third-order valence-corrected chi connectivity index (χ3v) is 2.96. The van der Waals surface area contributed by atoms with Gasteiger partial charge in [0.05, 0.1) is 11.1 Å². The lowest BCUT2D eigenvalue weighted by Gasteiger charge is -2.04. The summed E-state index contributed by atoms with van der Waals surface area (Å²) in [4.78, 5) is 0. The summed E-state index contributed by atoms with van der Waals surface area (Å²) in [5, 5.41) is 13.8. The van der Waals surface area contributed by atoms with Crippen LogP contribution in [-0.4, -0.2) is 17.2 Å². The summed E-state index contributed by atoms with van der Waals surface area (Å²) in [6, 6.07) is 4.82. The van der Waals surface area contributed by atoms with Crippen LogP contribution in [0.25, 0.3) is 0 Å². The maximum absolute atomic E-state index is 13.0. The van der Waals surface area contributed by atoms with Gasteiger partial charge in [-0.2, -0.15) is 0 Å². The summed E-state index contributed by atoms with van der Waals surface area (Å²) in [7, 11) is 1.81. The second kappa shape index (κ2) is 5.99. The van der Waals surface area contributed by atoms with E-state index in [4.69, 9.17) is 16.0 Å². The Morgan fingerprint density at radius 3 is 2.89 bits per heavy atom. The van der Waals surface area contributed by atoms with Crippen molar-refractivity contribution in [3.8, 4) is 0 Å². The molecule has 0 radical (unpaired) electrons. The molecule has 1 heterocycles. The SMILES string of the molecule is CNC(C)c1nnc(NCc2ccc(F)c(Cl)c2)o1. The van der Waals surface area contributed by atoms with Gasteiger partial charge in [-0.15, -0.1) is 5.10 Å². The highest BCUT2D eigenvalue weighted by atomic mass is 35.5. The summed E-state index contributed by atoms with van der Waals surface area (Å²) in [6.45, 7) is 2.34. The quantitative estimate of drug-likeness (QED) is 0.884. The summed E-state index contributed by atoms with van der Waals surface area (Å²) in [5.74, 6) is 0.0653. The van der Waals surface area contributed by atoms with Crippen LogP contribution in [-0.2, 0) is 6.54 Å². The third-order valence-electron chi connectivity index (χ3n) is 2.67. The fraction of sp³-hybridized carbons (Fsp3) is 0.333. The summed E-state index contributed by atoms with van der Waals surface area (Å²) < 4.78 is 18.4. The number of hydrogen-bond acceptors (Lipinski definition) is 5. The maximum Gasteiger partial charge on any atom is 0.315 e. The van der Waals surface area contributed by atoms with Gasteiger partial charge in [0.2, 0.25) is 5.89 Å². The van der Waals surface area contributed by atoms with Crippen molar-refractivity contribution in [1.82, 2.24) is 15.5 Å². The number of aromatic nitrogens is 2. The second-order valence-corrected chi connectivity index (χ2v) is 4.47. The topological polar surface area (TPSA) is 63.0 Å². The molecular formula is C12H14ClFN4O.